The largest absolute Gasteiger partial charge is 0.432 e. The summed E-state index contributed by atoms with van der Waals surface area (Å²) in [6.45, 7) is 0. The van der Waals surface area contributed by atoms with Crippen molar-refractivity contribution in [1.82, 2.24) is 0 Å². The number of benzene rings is 1. The summed E-state index contributed by atoms with van der Waals surface area (Å²) in [6, 6.07) is 8.56. The summed E-state index contributed by atoms with van der Waals surface area (Å²) in [5.41, 5.74) is 0. The monoisotopic (exact) mass is 172 g/mol. The smallest absolute Gasteiger partial charge is 0.297 e. The molecule has 0 amide bonds. The van der Waals surface area contributed by atoms with E-state index >= 15 is 0 Å². The van der Waals surface area contributed by atoms with E-state index < -0.39 is 7.57 Å². The topological polar surface area (TPSA) is 49.7 Å². The fourth-order valence-corrected chi connectivity index (χ4v) is 1.11. The normalized spacial score (nSPS) is 11.1. The maximum Gasteiger partial charge on any atom is 0.297 e. The third-order valence-electron chi connectivity index (χ3n) is 0.995. The van der Waals surface area contributed by atoms with Crippen LogP contribution in [-0.4, -0.2) is 16.1 Å². The Bertz CT molecular complexity index is 264. The van der Waals surface area contributed by atoms with Crippen molar-refractivity contribution in [2.45, 2.75) is 0 Å². The number of para-hydroxylation sites is 1. The molecule has 1 aromatic rings. The molecule has 0 unspecified atom stereocenters. The van der Waals surface area contributed by atoms with E-state index in [2.05, 4.69) is 6.30 Å². The molecule has 4 heteroatoms. The van der Waals surface area contributed by atoms with Crippen molar-refractivity contribution < 1.29 is 14.3 Å². The zero-order valence-corrected chi connectivity index (χ0v) is 6.74. The molecule has 3 nitrogen and oxygen atoms in total. The van der Waals surface area contributed by atoms with E-state index in [1.165, 1.54) is 0 Å². The molecule has 0 aliphatic heterocycles. The van der Waals surface area contributed by atoms with Crippen molar-refractivity contribution in [3.8, 4) is 5.75 Å². The van der Waals surface area contributed by atoms with Gasteiger partial charge in [0, 0.05) is 0 Å². The summed E-state index contributed by atoms with van der Waals surface area (Å²) < 4.78 is 4.71. The molecule has 0 saturated heterocycles. The summed E-state index contributed by atoms with van der Waals surface area (Å²) in [5, 5.41) is 0. The first-order valence-corrected chi connectivity index (χ1v) is 4.81. The van der Waals surface area contributed by atoms with Gasteiger partial charge in [-0.05, 0) is 18.4 Å². The van der Waals surface area contributed by atoms with Crippen LogP contribution in [0.2, 0.25) is 0 Å². The van der Waals surface area contributed by atoms with Gasteiger partial charge in [-0.2, -0.15) is 0 Å². The van der Waals surface area contributed by atoms with Crippen molar-refractivity contribution in [1.29, 1.82) is 0 Å². The highest BCUT2D eigenvalue weighted by Gasteiger charge is 2.04. The minimum Gasteiger partial charge on any atom is -0.432 e. The molecule has 1 aromatic carbocycles. The van der Waals surface area contributed by atoms with E-state index in [1.54, 1.807) is 24.3 Å². The molecule has 0 aliphatic rings. The van der Waals surface area contributed by atoms with E-state index in [4.69, 9.17) is 14.3 Å². The molecule has 2 N–H and O–H groups in total. The summed E-state index contributed by atoms with van der Waals surface area (Å²) in [7, 11) is -3.39. The van der Waals surface area contributed by atoms with E-state index in [9.17, 15) is 0 Å². The predicted molar refractivity (Wildman–Crippen MR) is 45.5 cm³/mol. The van der Waals surface area contributed by atoms with Gasteiger partial charge >= 0.3 is 0 Å². The molecule has 0 heterocycles. The highest BCUT2D eigenvalue weighted by atomic mass is 31.2. The highest BCUT2D eigenvalue weighted by Crippen LogP contribution is 2.36. The Morgan fingerprint density at radius 2 is 1.73 bits per heavy atom. The van der Waals surface area contributed by atoms with Crippen LogP contribution in [0.1, 0.15) is 0 Å². The van der Waals surface area contributed by atoms with Crippen LogP contribution in [0.15, 0.2) is 30.3 Å². The summed E-state index contributed by atoms with van der Waals surface area (Å²) in [4.78, 5) is 17.6. The maximum atomic E-state index is 8.80. The molecular weight excluding hydrogens is 163 g/mol. The average Bonchev–Trinajstić information content (AvgIpc) is 1.85. The first-order chi connectivity index (χ1) is 5.08. The lowest BCUT2D eigenvalue weighted by Crippen LogP contribution is -1.89. The molecule has 0 fully saturated rings. The highest BCUT2D eigenvalue weighted by molar-refractivity contribution is 7.58. The Balaban J connectivity index is 2.74. The Labute approximate surface area is 65.1 Å². The van der Waals surface area contributed by atoms with E-state index in [1.807, 2.05) is 6.07 Å². The van der Waals surface area contributed by atoms with Crippen molar-refractivity contribution >= 4 is 13.9 Å². The van der Waals surface area contributed by atoms with Crippen molar-refractivity contribution in [2.24, 2.45) is 0 Å². The number of hydrogen-bond acceptors (Lipinski definition) is 3. The van der Waals surface area contributed by atoms with Crippen LogP contribution in [0.3, 0.4) is 0 Å². The van der Waals surface area contributed by atoms with Crippen molar-refractivity contribution in [3.05, 3.63) is 30.3 Å². The molecule has 0 saturated carbocycles. The van der Waals surface area contributed by atoms with Gasteiger partial charge in [0.25, 0.3) is 7.57 Å². The SMILES string of the molecule is C=P(O)(O)Oc1ccccc1. The second-order valence-electron chi connectivity index (χ2n) is 2.07. The Kier molecular flexibility index (Phi) is 2.35. The van der Waals surface area contributed by atoms with Crippen LogP contribution in [0.25, 0.3) is 0 Å². The average molecular weight is 172 g/mol. The lowest BCUT2D eigenvalue weighted by atomic mass is 10.3. The van der Waals surface area contributed by atoms with Crippen LogP contribution in [0, 0.1) is 0 Å². The van der Waals surface area contributed by atoms with Gasteiger partial charge in [-0.15, -0.1) is 0 Å². The van der Waals surface area contributed by atoms with Crippen LogP contribution in [0.4, 0.5) is 0 Å². The van der Waals surface area contributed by atoms with Crippen LogP contribution in [-0.2, 0) is 0 Å². The van der Waals surface area contributed by atoms with Crippen molar-refractivity contribution in [3.63, 3.8) is 0 Å². The number of hydrogen-bond donors (Lipinski definition) is 2. The first kappa shape index (κ1) is 8.34. The Morgan fingerprint density at radius 1 is 1.18 bits per heavy atom. The van der Waals surface area contributed by atoms with Gasteiger partial charge in [-0.3, -0.25) is 0 Å². The van der Waals surface area contributed by atoms with Crippen LogP contribution >= 0.6 is 7.57 Å². The van der Waals surface area contributed by atoms with Gasteiger partial charge in [0.2, 0.25) is 0 Å². The van der Waals surface area contributed by atoms with E-state index in [-0.39, 0.29) is 0 Å². The first-order valence-electron chi connectivity index (χ1n) is 3.01. The lowest BCUT2D eigenvalue weighted by Gasteiger charge is -2.10. The zero-order chi connectivity index (χ0) is 8.32. The van der Waals surface area contributed by atoms with Gasteiger partial charge in [0.15, 0.2) is 0 Å². The third kappa shape index (κ3) is 3.23. The third-order valence-corrected chi connectivity index (χ3v) is 1.50. The fraction of sp³-hybridized carbons (Fsp3) is 0. The molecule has 0 radical (unpaired) electrons. The second-order valence-corrected chi connectivity index (χ2v) is 3.58. The van der Waals surface area contributed by atoms with Crippen molar-refractivity contribution in [2.75, 3.05) is 0 Å². The zero-order valence-electron chi connectivity index (χ0n) is 5.84. The van der Waals surface area contributed by atoms with Gasteiger partial charge in [-0.1, -0.05) is 18.2 Å². The Morgan fingerprint density at radius 3 is 2.18 bits per heavy atom. The van der Waals surface area contributed by atoms with Gasteiger partial charge in [-0.25, -0.2) is 0 Å². The van der Waals surface area contributed by atoms with Gasteiger partial charge in [0.1, 0.15) is 5.75 Å². The molecule has 0 atom stereocenters. The molecule has 0 spiro atoms. The molecule has 0 bridgehead atoms. The maximum absolute atomic E-state index is 8.80. The minimum atomic E-state index is -3.39. The summed E-state index contributed by atoms with van der Waals surface area (Å²) in [5.74, 6) is 0.417. The summed E-state index contributed by atoms with van der Waals surface area (Å²) >= 11 is 0. The molecule has 11 heavy (non-hydrogen) atoms. The Hall–Kier alpha value is -0.760. The molecular formula is C7H9O3P. The molecule has 0 aromatic heterocycles. The standard InChI is InChI=1S/C7H9O3P/c1-11(8,9)10-7-5-3-2-4-6-7/h2-6,8-9H,1H2. The predicted octanol–water partition coefficient (Wildman–Crippen LogP) is 1.24. The molecule has 0 aliphatic carbocycles. The summed E-state index contributed by atoms with van der Waals surface area (Å²) in [6.07, 6.45) is 3.07. The lowest BCUT2D eigenvalue weighted by molar-refractivity contribution is 0.368. The minimum absolute atomic E-state index is 0.417. The molecule has 1 rings (SSSR count). The fourth-order valence-electron chi connectivity index (χ4n) is 0.650. The van der Waals surface area contributed by atoms with E-state index in [0.717, 1.165) is 0 Å². The molecule has 60 valence electrons. The van der Waals surface area contributed by atoms with E-state index in [0.29, 0.717) is 5.75 Å². The van der Waals surface area contributed by atoms with Gasteiger partial charge < -0.3 is 14.3 Å². The van der Waals surface area contributed by atoms with Crippen LogP contribution < -0.4 is 4.52 Å². The second kappa shape index (κ2) is 3.09. The van der Waals surface area contributed by atoms with Crippen LogP contribution in [0.5, 0.6) is 5.75 Å². The quantitative estimate of drug-likeness (QED) is 0.660. The number of rotatable bonds is 2. The van der Waals surface area contributed by atoms with Gasteiger partial charge in [0.05, 0.1) is 0 Å².